The van der Waals surface area contributed by atoms with E-state index in [1.54, 1.807) is 24.3 Å². The Morgan fingerprint density at radius 2 is 2.08 bits per heavy atom. The summed E-state index contributed by atoms with van der Waals surface area (Å²) in [6, 6.07) is 6.78. The number of carbonyl (C=O) groups excluding carboxylic acids is 2. The third-order valence-corrected chi connectivity index (χ3v) is 4.62. The van der Waals surface area contributed by atoms with E-state index in [2.05, 4.69) is 20.8 Å². The molecule has 2 amide bonds. The van der Waals surface area contributed by atoms with E-state index < -0.39 is 0 Å². The van der Waals surface area contributed by atoms with Gasteiger partial charge in [0.15, 0.2) is 6.61 Å². The van der Waals surface area contributed by atoms with Crippen molar-refractivity contribution in [1.29, 1.82) is 0 Å². The molecule has 1 aliphatic carbocycles. The highest BCUT2D eigenvalue weighted by Crippen LogP contribution is 2.36. The van der Waals surface area contributed by atoms with Crippen molar-refractivity contribution in [3.05, 3.63) is 40.0 Å². The van der Waals surface area contributed by atoms with Crippen molar-refractivity contribution in [3.63, 3.8) is 0 Å². The minimum Gasteiger partial charge on any atom is -0.482 e. The lowest BCUT2D eigenvalue weighted by Crippen LogP contribution is -2.42. The van der Waals surface area contributed by atoms with Gasteiger partial charge in [0.1, 0.15) is 11.6 Å². The number of anilines is 1. The lowest BCUT2D eigenvalue weighted by Gasteiger charge is -2.34. The number of nitrogens with zero attached hydrogens (tertiary/aromatic N) is 1. The topological polar surface area (TPSA) is 96.1 Å². The highest BCUT2D eigenvalue weighted by molar-refractivity contribution is 6.35. The third kappa shape index (κ3) is 4.68. The van der Waals surface area contributed by atoms with E-state index in [0.29, 0.717) is 21.6 Å². The average Bonchev–Trinajstić information content (AvgIpc) is 2.97. The molecular weight excluding hydrogens is 379 g/mol. The largest absolute Gasteiger partial charge is 0.482 e. The van der Waals surface area contributed by atoms with Crippen LogP contribution in [0.3, 0.4) is 0 Å². The second kappa shape index (κ2) is 7.97. The molecule has 1 aromatic carbocycles. The van der Waals surface area contributed by atoms with Crippen molar-refractivity contribution in [1.82, 2.24) is 15.5 Å². The fourth-order valence-corrected chi connectivity index (χ4v) is 3.26. The molecule has 1 aliphatic rings. The fourth-order valence-electron chi connectivity index (χ4n) is 2.80. The summed E-state index contributed by atoms with van der Waals surface area (Å²) in [6.07, 6.45) is 1.69. The van der Waals surface area contributed by atoms with Crippen LogP contribution in [-0.4, -0.2) is 34.7 Å². The second-order valence-corrected chi connectivity index (χ2v) is 7.03. The van der Waals surface area contributed by atoms with Gasteiger partial charge in [0.25, 0.3) is 5.91 Å². The van der Waals surface area contributed by atoms with E-state index in [1.807, 2.05) is 0 Å². The average molecular weight is 397 g/mol. The summed E-state index contributed by atoms with van der Waals surface area (Å²) in [5, 5.41) is 13.4. The molecule has 7 nitrogen and oxygen atoms in total. The number of carbonyl (C=O) groups is 2. The highest BCUT2D eigenvalue weighted by Gasteiger charge is 2.32. The number of aromatic nitrogens is 2. The Labute approximate surface area is 160 Å². The van der Waals surface area contributed by atoms with Crippen LogP contribution in [0.2, 0.25) is 10.0 Å². The minimum atomic E-state index is -0.337. The zero-order valence-electron chi connectivity index (χ0n) is 14.0. The predicted octanol–water partition coefficient (Wildman–Crippen LogP) is 3.12. The Hall–Kier alpha value is -2.25. The number of hydrogen-bond acceptors (Lipinski definition) is 4. The van der Waals surface area contributed by atoms with Gasteiger partial charge in [-0.25, -0.2) is 0 Å². The lowest BCUT2D eigenvalue weighted by atomic mass is 9.78. The monoisotopic (exact) mass is 396 g/mol. The maximum Gasteiger partial charge on any atom is 0.263 e. The Kier molecular flexibility index (Phi) is 5.68. The zero-order valence-corrected chi connectivity index (χ0v) is 15.5. The smallest absolute Gasteiger partial charge is 0.263 e. The lowest BCUT2D eigenvalue weighted by molar-refractivity contribution is -0.120. The number of aromatic amines is 1. The van der Waals surface area contributed by atoms with E-state index >= 15 is 0 Å². The number of nitrogens with one attached hydrogen (secondary N) is 3. The number of H-pyrrole nitrogens is 1. The van der Waals surface area contributed by atoms with Crippen LogP contribution in [0.5, 0.6) is 5.75 Å². The number of amides is 2. The van der Waals surface area contributed by atoms with Crippen LogP contribution in [0.15, 0.2) is 24.3 Å². The van der Waals surface area contributed by atoms with Crippen molar-refractivity contribution in [2.45, 2.75) is 31.7 Å². The summed E-state index contributed by atoms with van der Waals surface area (Å²) in [4.78, 5) is 23.0. The van der Waals surface area contributed by atoms with Crippen LogP contribution in [-0.2, 0) is 9.59 Å². The van der Waals surface area contributed by atoms with Gasteiger partial charge in [0.2, 0.25) is 5.91 Å². The highest BCUT2D eigenvalue weighted by atomic mass is 35.5. The fraction of sp³-hybridized carbons (Fsp3) is 0.353. The Bertz CT molecular complexity index is 818. The van der Waals surface area contributed by atoms with E-state index in [9.17, 15) is 9.59 Å². The molecule has 2 aromatic rings. The SMILES string of the molecule is CC(=O)NC1CC(c2cc(NC(=O)COc3ccc(Cl)cc3Cl)[nH]n2)C1. The van der Waals surface area contributed by atoms with Crippen LogP contribution in [0.4, 0.5) is 5.82 Å². The molecule has 1 saturated carbocycles. The quantitative estimate of drug-likeness (QED) is 0.698. The van der Waals surface area contributed by atoms with Crippen molar-refractivity contribution in [2.75, 3.05) is 11.9 Å². The van der Waals surface area contributed by atoms with Crippen LogP contribution < -0.4 is 15.4 Å². The Balaban J connectivity index is 1.47. The Morgan fingerprint density at radius 1 is 1.31 bits per heavy atom. The molecule has 1 aromatic heterocycles. The molecule has 0 atom stereocenters. The number of ether oxygens (including phenoxy) is 1. The molecule has 3 rings (SSSR count). The van der Waals surface area contributed by atoms with E-state index in [-0.39, 0.29) is 30.4 Å². The van der Waals surface area contributed by atoms with Gasteiger partial charge in [-0.3, -0.25) is 14.7 Å². The van der Waals surface area contributed by atoms with Crippen molar-refractivity contribution < 1.29 is 14.3 Å². The first-order valence-electron chi connectivity index (χ1n) is 8.11. The van der Waals surface area contributed by atoms with Crippen LogP contribution in [0.25, 0.3) is 0 Å². The minimum absolute atomic E-state index is 0.0239. The molecule has 0 spiro atoms. The second-order valence-electron chi connectivity index (χ2n) is 6.18. The number of benzene rings is 1. The molecule has 3 N–H and O–H groups in total. The first-order chi connectivity index (χ1) is 12.4. The number of rotatable bonds is 6. The first-order valence-corrected chi connectivity index (χ1v) is 8.86. The molecule has 1 heterocycles. The summed E-state index contributed by atoms with van der Waals surface area (Å²) in [5.74, 6) is 0.798. The van der Waals surface area contributed by atoms with Crippen LogP contribution in [0.1, 0.15) is 31.4 Å². The van der Waals surface area contributed by atoms with E-state index in [0.717, 1.165) is 18.5 Å². The van der Waals surface area contributed by atoms with Crippen molar-refractivity contribution in [2.24, 2.45) is 0 Å². The van der Waals surface area contributed by atoms with Gasteiger partial charge < -0.3 is 15.4 Å². The third-order valence-electron chi connectivity index (χ3n) is 4.09. The maximum absolute atomic E-state index is 12.0. The van der Waals surface area contributed by atoms with Gasteiger partial charge in [-0.2, -0.15) is 5.10 Å². The van der Waals surface area contributed by atoms with Gasteiger partial charge in [-0.15, -0.1) is 0 Å². The molecule has 26 heavy (non-hydrogen) atoms. The van der Waals surface area contributed by atoms with Gasteiger partial charge >= 0.3 is 0 Å². The van der Waals surface area contributed by atoms with Gasteiger partial charge in [-0.05, 0) is 31.0 Å². The van der Waals surface area contributed by atoms with Crippen LogP contribution >= 0.6 is 23.2 Å². The summed E-state index contributed by atoms with van der Waals surface area (Å²) in [5.41, 5.74) is 0.864. The molecule has 0 saturated heterocycles. The van der Waals surface area contributed by atoms with Crippen molar-refractivity contribution in [3.8, 4) is 5.75 Å². The zero-order chi connectivity index (χ0) is 18.7. The normalized spacial score (nSPS) is 18.7. The molecule has 1 fully saturated rings. The summed E-state index contributed by atoms with van der Waals surface area (Å²) in [7, 11) is 0. The number of hydrogen-bond donors (Lipinski definition) is 3. The molecule has 0 aliphatic heterocycles. The Morgan fingerprint density at radius 3 is 2.77 bits per heavy atom. The first kappa shape index (κ1) is 18.5. The molecular formula is C17H18Cl2N4O3. The van der Waals surface area contributed by atoms with E-state index in [4.69, 9.17) is 27.9 Å². The molecule has 0 radical (unpaired) electrons. The van der Waals surface area contributed by atoms with Crippen LogP contribution in [0, 0.1) is 0 Å². The molecule has 0 unspecified atom stereocenters. The van der Waals surface area contributed by atoms with Crippen molar-refractivity contribution >= 4 is 40.8 Å². The molecule has 9 heteroatoms. The number of halogens is 2. The van der Waals surface area contributed by atoms with E-state index in [1.165, 1.54) is 6.92 Å². The molecule has 138 valence electrons. The standard InChI is InChI=1S/C17H18Cl2N4O3/c1-9(24)20-12-4-10(5-12)14-7-16(23-22-14)21-17(25)8-26-15-3-2-11(18)6-13(15)19/h2-3,6-7,10,12H,4-5,8H2,1H3,(H,20,24)(H2,21,22,23,25). The molecule has 0 bridgehead atoms. The summed E-state index contributed by atoms with van der Waals surface area (Å²) in [6.45, 7) is 1.32. The van der Waals surface area contributed by atoms with Gasteiger partial charge in [0, 0.05) is 30.0 Å². The van der Waals surface area contributed by atoms with Gasteiger partial charge in [0.05, 0.1) is 10.7 Å². The van der Waals surface area contributed by atoms with Gasteiger partial charge in [-0.1, -0.05) is 23.2 Å². The summed E-state index contributed by atoms with van der Waals surface area (Å²) >= 11 is 11.8. The maximum atomic E-state index is 12.0. The predicted molar refractivity (Wildman–Crippen MR) is 98.8 cm³/mol. The summed E-state index contributed by atoms with van der Waals surface area (Å²) < 4.78 is 5.39.